The van der Waals surface area contributed by atoms with Crippen molar-refractivity contribution in [2.24, 2.45) is 0 Å². The van der Waals surface area contributed by atoms with E-state index in [1.165, 1.54) is 86.2 Å². The van der Waals surface area contributed by atoms with Crippen molar-refractivity contribution in [3.63, 3.8) is 0 Å². The van der Waals surface area contributed by atoms with Crippen molar-refractivity contribution in [2.75, 3.05) is 4.90 Å². The Hall–Kier alpha value is -7.26. The lowest BCUT2D eigenvalue weighted by molar-refractivity contribution is 1.28. The van der Waals surface area contributed by atoms with Gasteiger partial charge in [0.2, 0.25) is 0 Å². The number of benzene rings is 10. The fourth-order valence-corrected chi connectivity index (χ4v) is 9.94. The molecule has 0 aliphatic rings. The number of anilines is 3. The van der Waals surface area contributed by atoms with Crippen LogP contribution in [0.5, 0.6) is 0 Å². The molecule has 0 amide bonds. The lowest BCUT2D eigenvalue weighted by Gasteiger charge is -2.29. The Morgan fingerprint density at radius 2 is 0.810 bits per heavy atom. The molecular weight excluding hydrogens is 719 g/mol. The standard InChI is InChI=1S/C56H37NS/c1-2-14-40(15-3-1)50-35-32-43(49-26-12-19-39-17-5-7-23-47(39)49)37-54(50)57(44-33-30-41(31-34-44)48-25-11-18-38-16-4-6-22-46(38)48)45-21-10-20-42(36-45)51-27-13-28-53-52-24-8-9-29-55(52)58-56(51)53/h1-37H. The van der Waals surface area contributed by atoms with Crippen LogP contribution in [-0.4, -0.2) is 0 Å². The molecule has 0 saturated heterocycles. The summed E-state index contributed by atoms with van der Waals surface area (Å²) in [6.07, 6.45) is 0. The van der Waals surface area contributed by atoms with E-state index in [2.05, 4.69) is 229 Å². The molecule has 11 aromatic rings. The molecule has 0 N–H and O–H groups in total. The molecule has 0 saturated carbocycles. The molecule has 0 bridgehead atoms. The molecule has 0 aliphatic carbocycles. The fraction of sp³-hybridized carbons (Fsp3) is 0. The minimum Gasteiger partial charge on any atom is -0.310 e. The number of fused-ring (bicyclic) bond motifs is 5. The van der Waals surface area contributed by atoms with Crippen molar-refractivity contribution in [3.8, 4) is 44.5 Å². The number of hydrogen-bond donors (Lipinski definition) is 0. The first kappa shape index (κ1) is 34.0. The molecule has 2 heteroatoms. The van der Waals surface area contributed by atoms with Crippen molar-refractivity contribution in [2.45, 2.75) is 0 Å². The number of rotatable bonds is 7. The van der Waals surface area contributed by atoms with Crippen molar-refractivity contribution in [1.82, 2.24) is 0 Å². The van der Waals surface area contributed by atoms with E-state index in [-0.39, 0.29) is 0 Å². The molecule has 0 unspecified atom stereocenters. The van der Waals surface area contributed by atoms with E-state index in [1.807, 2.05) is 11.3 Å². The van der Waals surface area contributed by atoms with Gasteiger partial charge in [0.05, 0.1) is 5.69 Å². The first-order valence-electron chi connectivity index (χ1n) is 19.8. The molecule has 1 aromatic heterocycles. The first-order chi connectivity index (χ1) is 28.8. The highest BCUT2D eigenvalue weighted by Gasteiger charge is 2.21. The van der Waals surface area contributed by atoms with Gasteiger partial charge in [0.25, 0.3) is 0 Å². The summed E-state index contributed by atoms with van der Waals surface area (Å²) < 4.78 is 2.63. The first-order valence-corrected chi connectivity index (χ1v) is 20.7. The largest absolute Gasteiger partial charge is 0.310 e. The maximum Gasteiger partial charge on any atom is 0.0546 e. The monoisotopic (exact) mass is 755 g/mol. The van der Waals surface area contributed by atoms with E-state index in [0.29, 0.717) is 0 Å². The zero-order chi connectivity index (χ0) is 38.4. The van der Waals surface area contributed by atoms with Gasteiger partial charge in [-0.3, -0.25) is 0 Å². The summed E-state index contributed by atoms with van der Waals surface area (Å²) in [6, 6.07) is 82.0. The van der Waals surface area contributed by atoms with Gasteiger partial charge in [-0.25, -0.2) is 0 Å². The second kappa shape index (κ2) is 14.4. The quantitative estimate of drug-likeness (QED) is 0.157. The molecule has 0 radical (unpaired) electrons. The van der Waals surface area contributed by atoms with E-state index in [9.17, 15) is 0 Å². The minimum atomic E-state index is 1.09. The van der Waals surface area contributed by atoms with E-state index in [4.69, 9.17) is 0 Å². The normalized spacial score (nSPS) is 11.4. The summed E-state index contributed by atoms with van der Waals surface area (Å²) in [6.45, 7) is 0. The Bertz CT molecular complexity index is 3270. The SMILES string of the molecule is c1ccc(-c2ccc(-c3cccc4ccccc34)cc2N(c2ccc(-c3cccc4ccccc34)cc2)c2cccc(-c3cccc4c3sc3ccccc34)c2)cc1. The van der Waals surface area contributed by atoms with E-state index in [0.717, 1.165) is 17.1 Å². The van der Waals surface area contributed by atoms with Crippen LogP contribution in [0.3, 0.4) is 0 Å². The second-order valence-electron chi connectivity index (χ2n) is 14.9. The smallest absolute Gasteiger partial charge is 0.0546 e. The summed E-state index contributed by atoms with van der Waals surface area (Å²) >= 11 is 1.88. The maximum atomic E-state index is 2.46. The highest BCUT2D eigenvalue weighted by Crippen LogP contribution is 2.46. The molecule has 272 valence electrons. The highest BCUT2D eigenvalue weighted by atomic mass is 32.1. The van der Waals surface area contributed by atoms with Crippen LogP contribution in [0.25, 0.3) is 86.2 Å². The molecule has 10 aromatic carbocycles. The Morgan fingerprint density at radius 3 is 1.57 bits per heavy atom. The predicted molar refractivity (Wildman–Crippen MR) is 251 cm³/mol. The van der Waals surface area contributed by atoms with Crippen LogP contribution < -0.4 is 4.90 Å². The average molecular weight is 756 g/mol. The maximum absolute atomic E-state index is 2.46. The van der Waals surface area contributed by atoms with Crippen molar-refractivity contribution in [1.29, 1.82) is 0 Å². The topological polar surface area (TPSA) is 3.24 Å². The minimum absolute atomic E-state index is 1.09. The molecular formula is C56H37NS. The number of hydrogen-bond acceptors (Lipinski definition) is 2. The molecule has 1 nitrogen and oxygen atoms in total. The van der Waals surface area contributed by atoms with Gasteiger partial charge in [-0.15, -0.1) is 11.3 Å². The molecule has 1 heterocycles. The Morgan fingerprint density at radius 1 is 0.293 bits per heavy atom. The summed E-state index contributed by atoms with van der Waals surface area (Å²) in [5, 5.41) is 7.59. The van der Waals surface area contributed by atoms with Crippen LogP contribution in [0, 0.1) is 0 Å². The number of nitrogens with zero attached hydrogens (tertiary/aromatic N) is 1. The van der Waals surface area contributed by atoms with Crippen molar-refractivity contribution >= 4 is 70.1 Å². The molecule has 0 fully saturated rings. The van der Waals surface area contributed by atoms with Crippen LogP contribution in [-0.2, 0) is 0 Å². The Kier molecular flexibility index (Phi) is 8.42. The van der Waals surface area contributed by atoms with Gasteiger partial charge >= 0.3 is 0 Å². The summed E-state index contributed by atoms with van der Waals surface area (Å²) in [7, 11) is 0. The number of thiophene rings is 1. The molecule has 0 atom stereocenters. The van der Waals surface area contributed by atoms with Gasteiger partial charge in [0.15, 0.2) is 0 Å². The van der Waals surface area contributed by atoms with Crippen LogP contribution in [0.2, 0.25) is 0 Å². The molecule has 11 rings (SSSR count). The van der Waals surface area contributed by atoms with Gasteiger partial charge in [-0.05, 0) is 96.9 Å². The third kappa shape index (κ3) is 5.94. The lowest BCUT2D eigenvalue weighted by atomic mass is 9.93. The van der Waals surface area contributed by atoms with Gasteiger partial charge in [0.1, 0.15) is 0 Å². The third-order valence-electron chi connectivity index (χ3n) is 11.5. The average Bonchev–Trinajstić information content (AvgIpc) is 3.68. The third-order valence-corrected chi connectivity index (χ3v) is 12.7. The summed E-state index contributed by atoms with van der Waals surface area (Å²) in [5.41, 5.74) is 12.9. The summed E-state index contributed by atoms with van der Waals surface area (Å²) in [5.74, 6) is 0. The zero-order valence-corrected chi connectivity index (χ0v) is 32.5. The van der Waals surface area contributed by atoms with Crippen molar-refractivity contribution < 1.29 is 0 Å². The van der Waals surface area contributed by atoms with Gasteiger partial charge in [0, 0.05) is 37.1 Å². The Balaban J connectivity index is 1.14. The predicted octanol–water partition coefficient (Wildman–Crippen LogP) is 16.5. The van der Waals surface area contributed by atoms with Crippen LogP contribution in [0.4, 0.5) is 17.1 Å². The second-order valence-corrected chi connectivity index (χ2v) is 15.9. The van der Waals surface area contributed by atoms with Crippen molar-refractivity contribution in [3.05, 3.63) is 224 Å². The van der Waals surface area contributed by atoms with Gasteiger partial charge in [-0.2, -0.15) is 0 Å². The fourth-order valence-electron chi connectivity index (χ4n) is 8.70. The van der Waals surface area contributed by atoms with Gasteiger partial charge < -0.3 is 4.90 Å². The molecule has 0 spiro atoms. The van der Waals surface area contributed by atoms with Crippen LogP contribution >= 0.6 is 11.3 Å². The molecule has 58 heavy (non-hydrogen) atoms. The molecule has 0 aliphatic heterocycles. The van der Waals surface area contributed by atoms with Crippen LogP contribution in [0.1, 0.15) is 0 Å². The summed E-state index contributed by atoms with van der Waals surface area (Å²) in [4.78, 5) is 2.46. The zero-order valence-electron chi connectivity index (χ0n) is 31.7. The van der Waals surface area contributed by atoms with E-state index >= 15 is 0 Å². The van der Waals surface area contributed by atoms with Gasteiger partial charge in [-0.1, -0.05) is 188 Å². The highest BCUT2D eigenvalue weighted by molar-refractivity contribution is 7.26. The van der Waals surface area contributed by atoms with E-state index in [1.54, 1.807) is 0 Å². The van der Waals surface area contributed by atoms with E-state index < -0.39 is 0 Å². The Labute approximate surface area is 342 Å². The van der Waals surface area contributed by atoms with Crippen LogP contribution in [0.15, 0.2) is 224 Å². The lowest BCUT2D eigenvalue weighted by Crippen LogP contribution is -2.11.